The average Bonchev–Trinajstić information content (AvgIpc) is 2.84. The van der Waals surface area contributed by atoms with Gasteiger partial charge in [-0.25, -0.2) is 4.79 Å². The number of hydrogen-bond acceptors (Lipinski definition) is 10. The first kappa shape index (κ1) is 25.7. The van der Waals surface area contributed by atoms with Gasteiger partial charge in [0.25, 0.3) is 0 Å². The molecule has 0 radical (unpaired) electrons. The van der Waals surface area contributed by atoms with Crippen molar-refractivity contribution in [1.82, 2.24) is 4.72 Å². The SMILES string of the molecule is NCCOCCOCCOCCOC(=O)NSc1cccc2c1C(=O)c1cccc(O)c1C2=O. The molecule has 0 unspecified atom stereocenters. The molecule has 11 heteroatoms. The molecule has 0 saturated carbocycles. The highest BCUT2D eigenvalue weighted by molar-refractivity contribution is 7.98. The molecule has 0 heterocycles. The molecule has 2 aromatic carbocycles. The minimum Gasteiger partial charge on any atom is -0.507 e. The van der Waals surface area contributed by atoms with Gasteiger partial charge in [-0.3, -0.25) is 14.3 Å². The molecule has 4 N–H and O–H groups in total. The lowest BCUT2D eigenvalue weighted by Crippen LogP contribution is -2.24. The number of phenolic OH excluding ortho intramolecular Hbond substituents is 1. The van der Waals surface area contributed by atoms with E-state index in [0.29, 0.717) is 44.5 Å². The standard InChI is InChI=1S/C23H26N2O8S/c24-7-8-30-9-10-31-11-12-32-13-14-33-23(29)25-34-18-6-2-4-16-20(18)22(28)15-3-1-5-17(26)19(15)21(16)27/h1-6,26H,7-14,24H2,(H,25,29). The number of ether oxygens (including phenoxy) is 4. The Balaban J connectivity index is 1.42. The first-order valence-corrected chi connectivity index (χ1v) is 11.4. The van der Waals surface area contributed by atoms with Crippen molar-refractivity contribution < 1.29 is 38.4 Å². The van der Waals surface area contributed by atoms with Crippen LogP contribution in [0.1, 0.15) is 31.8 Å². The van der Waals surface area contributed by atoms with E-state index in [2.05, 4.69) is 4.72 Å². The van der Waals surface area contributed by atoms with E-state index in [1.165, 1.54) is 24.3 Å². The zero-order chi connectivity index (χ0) is 24.3. The van der Waals surface area contributed by atoms with Gasteiger partial charge in [-0.1, -0.05) is 24.3 Å². The van der Waals surface area contributed by atoms with Crippen LogP contribution in [-0.4, -0.2) is 75.6 Å². The van der Waals surface area contributed by atoms with Gasteiger partial charge in [-0.15, -0.1) is 0 Å². The van der Waals surface area contributed by atoms with Crippen LogP contribution in [0, 0.1) is 0 Å². The molecule has 182 valence electrons. The Morgan fingerprint density at radius 3 is 2.06 bits per heavy atom. The van der Waals surface area contributed by atoms with Crippen LogP contribution in [0.15, 0.2) is 41.3 Å². The zero-order valence-corrected chi connectivity index (χ0v) is 19.2. The van der Waals surface area contributed by atoms with Gasteiger partial charge >= 0.3 is 6.09 Å². The molecular formula is C23H26N2O8S. The summed E-state index contributed by atoms with van der Waals surface area (Å²) in [7, 11) is 0. The molecule has 0 atom stereocenters. The number of fused-ring (bicyclic) bond motifs is 2. The first-order valence-electron chi connectivity index (χ1n) is 10.6. The van der Waals surface area contributed by atoms with Crippen LogP contribution in [0.2, 0.25) is 0 Å². The lowest BCUT2D eigenvalue weighted by atomic mass is 9.83. The Bertz CT molecular complexity index is 1030. The summed E-state index contributed by atoms with van der Waals surface area (Å²) in [6.07, 6.45) is -0.716. The van der Waals surface area contributed by atoms with Gasteiger partial charge in [-0.05, 0) is 24.1 Å². The lowest BCUT2D eigenvalue weighted by Gasteiger charge is -2.20. The number of ketones is 2. The molecule has 1 aliphatic carbocycles. The second-order valence-electron chi connectivity index (χ2n) is 7.00. The number of amides is 1. The Kier molecular flexibility index (Phi) is 9.86. The van der Waals surface area contributed by atoms with Crippen molar-refractivity contribution >= 4 is 29.6 Å². The molecule has 1 aliphatic rings. The Hall–Kier alpha value is -2.96. The van der Waals surface area contributed by atoms with Gasteiger partial charge in [0.1, 0.15) is 12.4 Å². The third kappa shape index (κ3) is 6.55. The fraction of sp³-hybridized carbons (Fsp3) is 0.348. The third-order valence-electron chi connectivity index (χ3n) is 4.72. The number of carbonyl (C=O) groups excluding carboxylic acids is 3. The van der Waals surface area contributed by atoms with Crippen LogP contribution < -0.4 is 10.5 Å². The van der Waals surface area contributed by atoms with E-state index >= 15 is 0 Å². The Morgan fingerprint density at radius 1 is 0.824 bits per heavy atom. The number of benzene rings is 2. The second kappa shape index (κ2) is 13.1. The summed E-state index contributed by atoms with van der Waals surface area (Å²) in [4.78, 5) is 38.2. The number of phenols is 1. The molecule has 0 saturated heterocycles. The van der Waals surface area contributed by atoms with E-state index in [0.717, 1.165) is 11.9 Å². The maximum Gasteiger partial charge on any atom is 0.417 e. The highest BCUT2D eigenvalue weighted by Gasteiger charge is 2.33. The highest BCUT2D eigenvalue weighted by atomic mass is 32.2. The van der Waals surface area contributed by atoms with E-state index in [1.54, 1.807) is 12.1 Å². The molecule has 34 heavy (non-hydrogen) atoms. The van der Waals surface area contributed by atoms with Crippen LogP contribution in [0.5, 0.6) is 5.75 Å². The quantitative estimate of drug-likeness (QED) is 0.240. The van der Waals surface area contributed by atoms with Crippen LogP contribution in [0.4, 0.5) is 4.79 Å². The van der Waals surface area contributed by atoms with Crippen LogP contribution >= 0.6 is 11.9 Å². The largest absolute Gasteiger partial charge is 0.507 e. The van der Waals surface area contributed by atoms with Gasteiger partial charge in [0.15, 0.2) is 11.6 Å². The van der Waals surface area contributed by atoms with Crippen molar-refractivity contribution in [2.24, 2.45) is 5.73 Å². The molecule has 0 spiro atoms. The van der Waals surface area contributed by atoms with Gasteiger partial charge < -0.3 is 29.8 Å². The van der Waals surface area contributed by atoms with Crippen molar-refractivity contribution in [1.29, 1.82) is 0 Å². The highest BCUT2D eigenvalue weighted by Crippen LogP contribution is 2.36. The summed E-state index contributed by atoms with van der Waals surface area (Å²) in [6.45, 7) is 2.85. The molecule has 1 amide bonds. The van der Waals surface area contributed by atoms with Gasteiger partial charge in [-0.2, -0.15) is 0 Å². The van der Waals surface area contributed by atoms with Crippen LogP contribution in [0.3, 0.4) is 0 Å². The lowest BCUT2D eigenvalue weighted by molar-refractivity contribution is 0.00712. The Morgan fingerprint density at radius 2 is 1.38 bits per heavy atom. The molecule has 10 nitrogen and oxygen atoms in total. The molecule has 3 rings (SSSR count). The summed E-state index contributed by atoms with van der Waals surface area (Å²) in [6, 6.07) is 9.09. The second-order valence-corrected chi connectivity index (χ2v) is 7.85. The minimum absolute atomic E-state index is 0.0140. The summed E-state index contributed by atoms with van der Waals surface area (Å²) in [5.41, 5.74) is 5.75. The molecule has 2 aromatic rings. The van der Waals surface area contributed by atoms with Gasteiger partial charge in [0, 0.05) is 28.1 Å². The average molecular weight is 491 g/mol. The summed E-state index contributed by atoms with van der Waals surface area (Å²) in [5, 5.41) is 10.0. The predicted molar refractivity (Wildman–Crippen MR) is 123 cm³/mol. The van der Waals surface area contributed by atoms with Gasteiger partial charge in [0.2, 0.25) is 0 Å². The van der Waals surface area contributed by atoms with Crippen molar-refractivity contribution in [2.75, 3.05) is 52.8 Å². The van der Waals surface area contributed by atoms with Crippen molar-refractivity contribution in [3.05, 3.63) is 58.7 Å². The molecule has 0 bridgehead atoms. The summed E-state index contributed by atoms with van der Waals surface area (Å²) in [5.74, 6) is -1.09. The van der Waals surface area contributed by atoms with Gasteiger partial charge in [0.05, 0.1) is 45.2 Å². The maximum atomic E-state index is 13.0. The fourth-order valence-electron chi connectivity index (χ4n) is 3.22. The fourth-order valence-corrected chi connectivity index (χ4v) is 3.93. The number of nitrogens with one attached hydrogen (secondary N) is 1. The minimum atomic E-state index is -0.716. The van der Waals surface area contributed by atoms with E-state index in [1.807, 2.05) is 0 Å². The van der Waals surface area contributed by atoms with E-state index in [-0.39, 0.29) is 41.2 Å². The summed E-state index contributed by atoms with van der Waals surface area (Å²) < 4.78 is 23.3. The van der Waals surface area contributed by atoms with Crippen LogP contribution in [-0.2, 0) is 18.9 Å². The van der Waals surface area contributed by atoms with Crippen molar-refractivity contribution in [3.63, 3.8) is 0 Å². The number of hydrogen-bond donors (Lipinski definition) is 3. The predicted octanol–water partition coefficient (Wildman–Crippen LogP) is 1.91. The number of rotatable bonds is 13. The normalized spacial score (nSPS) is 12.3. The third-order valence-corrected chi connectivity index (χ3v) is 5.55. The number of aromatic hydroxyl groups is 1. The van der Waals surface area contributed by atoms with E-state index in [9.17, 15) is 19.5 Å². The zero-order valence-electron chi connectivity index (χ0n) is 18.4. The first-order chi connectivity index (χ1) is 16.5. The molecular weight excluding hydrogens is 464 g/mol. The monoisotopic (exact) mass is 490 g/mol. The molecule has 0 aliphatic heterocycles. The smallest absolute Gasteiger partial charge is 0.417 e. The van der Waals surface area contributed by atoms with Crippen molar-refractivity contribution in [3.8, 4) is 5.75 Å². The van der Waals surface area contributed by atoms with E-state index in [4.69, 9.17) is 24.7 Å². The van der Waals surface area contributed by atoms with Crippen LogP contribution in [0.25, 0.3) is 0 Å². The van der Waals surface area contributed by atoms with Crippen molar-refractivity contribution in [2.45, 2.75) is 4.90 Å². The maximum absolute atomic E-state index is 13.0. The topological polar surface area (TPSA) is 146 Å². The van der Waals surface area contributed by atoms with E-state index < -0.39 is 17.7 Å². The summed E-state index contributed by atoms with van der Waals surface area (Å²) >= 11 is 0.870. The molecule has 0 fully saturated rings. The molecule has 0 aromatic heterocycles. The number of carbonyl (C=O) groups is 3. The Labute approximate surface area is 200 Å². The number of nitrogens with two attached hydrogens (primary N) is 1.